The Labute approximate surface area is 106 Å². The first kappa shape index (κ1) is 12.3. The third-order valence-corrected chi connectivity index (χ3v) is 2.20. The number of rotatable bonds is 3. The zero-order valence-electron chi connectivity index (χ0n) is 8.80. The Morgan fingerprint density at radius 2 is 2.06 bits per heavy atom. The topological polar surface area (TPSA) is 72.3 Å². The van der Waals surface area contributed by atoms with Crippen LogP contribution in [0.1, 0.15) is 10.4 Å². The van der Waals surface area contributed by atoms with E-state index in [1.165, 1.54) is 18.2 Å². The van der Waals surface area contributed by atoms with Crippen molar-refractivity contribution in [3.63, 3.8) is 0 Å². The molecule has 1 aromatic carbocycles. The molecule has 1 aromatic heterocycles. The highest BCUT2D eigenvalue weighted by Gasteiger charge is 2.11. The second kappa shape index (κ2) is 4.97. The second-order valence-electron chi connectivity index (χ2n) is 3.24. The lowest BCUT2D eigenvalue weighted by Crippen LogP contribution is -2.00. The largest absolute Gasteiger partial charge is 0.478 e. The van der Waals surface area contributed by atoms with Crippen LogP contribution in [-0.4, -0.2) is 21.3 Å². The fraction of sp³-hybridized carbons (Fsp3) is 0. The van der Waals surface area contributed by atoms with E-state index in [1.54, 1.807) is 0 Å². The molecule has 92 valence electrons. The van der Waals surface area contributed by atoms with E-state index >= 15 is 0 Å². The van der Waals surface area contributed by atoms with Gasteiger partial charge in [0.2, 0.25) is 5.88 Å². The summed E-state index contributed by atoms with van der Waals surface area (Å²) in [6.07, 6.45) is 0. The van der Waals surface area contributed by atoms with Crippen LogP contribution >= 0.6 is 11.6 Å². The lowest BCUT2D eigenvalue weighted by atomic mass is 10.2. The number of ether oxygens (including phenoxy) is 1. The SMILES string of the molecule is O=C(O)c1ccc(Oc2ccc(Cl)nn2)cc1F. The van der Waals surface area contributed by atoms with Crippen molar-refractivity contribution in [3.05, 3.63) is 46.9 Å². The third-order valence-electron chi connectivity index (χ3n) is 2.00. The van der Waals surface area contributed by atoms with Gasteiger partial charge in [0.1, 0.15) is 11.6 Å². The first-order valence-corrected chi connectivity index (χ1v) is 5.14. The van der Waals surface area contributed by atoms with Crippen LogP contribution in [-0.2, 0) is 0 Å². The molecule has 0 aliphatic heterocycles. The molecule has 0 aliphatic carbocycles. The fourth-order valence-corrected chi connectivity index (χ4v) is 1.31. The number of hydrogen-bond donors (Lipinski definition) is 1. The Morgan fingerprint density at radius 3 is 2.61 bits per heavy atom. The van der Waals surface area contributed by atoms with E-state index in [0.29, 0.717) is 0 Å². The number of carboxylic acids is 1. The van der Waals surface area contributed by atoms with Gasteiger partial charge in [-0.05, 0) is 18.2 Å². The molecule has 1 heterocycles. The van der Waals surface area contributed by atoms with Crippen molar-refractivity contribution in [2.45, 2.75) is 0 Å². The van der Waals surface area contributed by atoms with E-state index in [4.69, 9.17) is 21.4 Å². The average Bonchev–Trinajstić information content (AvgIpc) is 2.32. The maximum atomic E-state index is 13.3. The standard InChI is InChI=1S/C11H6ClFN2O3/c12-9-3-4-10(15-14-9)18-6-1-2-7(11(16)17)8(13)5-6/h1-5H,(H,16,17). The number of aromatic carboxylic acids is 1. The second-order valence-corrected chi connectivity index (χ2v) is 3.63. The molecule has 0 saturated carbocycles. The van der Waals surface area contributed by atoms with Gasteiger partial charge in [-0.2, -0.15) is 0 Å². The summed E-state index contributed by atoms with van der Waals surface area (Å²) >= 11 is 5.54. The molecule has 0 radical (unpaired) electrons. The van der Waals surface area contributed by atoms with Crippen LogP contribution in [0, 0.1) is 5.82 Å². The molecule has 2 rings (SSSR count). The highest BCUT2D eigenvalue weighted by molar-refractivity contribution is 6.29. The minimum absolute atomic E-state index is 0.120. The van der Waals surface area contributed by atoms with Gasteiger partial charge in [0.15, 0.2) is 5.15 Å². The lowest BCUT2D eigenvalue weighted by Gasteiger charge is -2.04. The minimum atomic E-state index is -1.34. The molecular formula is C11H6ClFN2O3. The van der Waals surface area contributed by atoms with E-state index in [-0.39, 0.29) is 16.8 Å². The minimum Gasteiger partial charge on any atom is -0.478 e. The number of nitrogens with zero attached hydrogens (tertiary/aromatic N) is 2. The predicted molar refractivity (Wildman–Crippen MR) is 60.5 cm³/mol. The summed E-state index contributed by atoms with van der Waals surface area (Å²) in [5.74, 6) is -1.98. The molecule has 0 atom stereocenters. The zero-order chi connectivity index (χ0) is 13.1. The van der Waals surface area contributed by atoms with Gasteiger partial charge in [0, 0.05) is 12.1 Å². The Hall–Kier alpha value is -2.21. The van der Waals surface area contributed by atoms with Gasteiger partial charge in [0.25, 0.3) is 0 Å². The Balaban J connectivity index is 2.22. The number of hydrogen-bond acceptors (Lipinski definition) is 4. The van der Waals surface area contributed by atoms with Crippen molar-refractivity contribution in [1.82, 2.24) is 10.2 Å². The summed E-state index contributed by atoms with van der Waals surface area (Å²) in [5, 5.41) is 16.0. The van der Waals surface area contributed by atoms with Crippen LogP contribution in [0.5, 0.6) is 11.6 Å². The van der Waals surface area contributed by atoms with Crippen LogP contribution < -0.4 is 4.74 Å². The van der Waals surface area contributed by atoms with Gasteiger partial charge < -0.3 is 9.84 Å². The molecule has 5 nitrogen and oxygen atoms in total. The van der Waals surface area contributed by atoms with E-state index in [9.17, 15) is 9.18 Å². The van der Waals surface area contributed by atoms with Gasteiger partial charge in [-0.1, -0.05) is 11.6 Å². The normalized spacial score (nSPS) is 10.1. The highest BCUT2D eigenvalue weighted by atomic mass is 35.5. The molecular weight excluding hydrogens is 263 g/mol. The van der Waals surface area contributed by atoms with Crippen LogP contribution in [0.3, 0.4) is 0 Å². The molecule has 18 heavy (non-hydrogen) atoms. The van der Waals surface area contributed by atoms with Gasteiger partial charge in [-0.15, -0.1) is 10.2 Å². The first-order chi connectivity index (χ1) is 8.56. The van der Waals surface area contributed by atoms with Gasteiger partial charge in [-0.25, -0.2) is 9.18 Å². The van der Waals surface area contributed by atoms with Crippen molar-refractivity contribution in [1.29, 1.82) is 0 Å². The zero-order valence-corrected chi connectivity index (χ0v) is 9.56. The summed E-state index contributed by atoms with van der Waals surface area (Å²) in [7, 11) is 0. The smallest absolute Gasteiger partial charge is 0.338 e. The maximum absolute atomic E-state index is 13.3. The van der Waals surface area contributed by atoms with Crippen molar-refractivity contribution in [3.8, 4) is 11.6 Å². The molecule has 1 N–H and O–H groups in total. The highest BCUT2D eigenvalue weighted by Crippen LogP contribution is 2.22. The van der Waals surface area contributed by atoms with E-state index in [0.717, 1.165) is 12.1 Å². The maximum Gasteiger partial charge on any atom is 0.338 e. The van der Waals surface area contributed by atoms with Crippen LogP contribution in [0.2, 0.25) is 5.15 Å². The average molecular weight is 269 g/mol. The van der Waals surface area contributed by atoms with Crippen molar-refractivity contribution in [2.24, 2.45) is 0 Å². The summed E-state index contributed by atoms with van der Waals surface area (Å²) in [6, 6.07) is 6.31. The van der Waals surface area contributed by atoms with Crippen molar-refractivity contribution < 1.29 is 19.0 Å². The molecule has 0 unspecified atom stereocenters. The Bertz CT molecular complexity index is 589. The van der Waals surface area contributed by atoms with E-state index < -0.39 is 17.3 Å². The van der Waals surface area contributed by atoms with Crippen molar-refractivity contribution >= 4 is 17.6 Å². The Kier molecular flexibility index (Phi) is 3.38. The fourth-order valence-electron chi connectivity index (χ4n) is 1.21. The van der Waals surface area contributed by atoms with Crippen LogP contribution in [0.25, 0.3) is 0 Å². The molecule has 0 aliphatic rings. The van der Waals surface area contributed by atoms with Gasteiger partial charge in [0.05, 0.1) is 5.56 Å². The monoisotopic (exact) mass is 268 g/mol. The summed E-state index contributed by atoms with van der Waals surface area (Å²) in [5.41, 5.74) is -0.426. The number of carboxylic acid groups (broad SMARTS) is 1. The number of aromatic nitrogens is 2. The van der Waals surface area contributed by atoms with E-state index in [1.807, 2.05) is 0 Å². The van der Waals surface area contributed by atoms with Crippen LogP contribution in [0.4, 0.5) is 4.39 Å². The quantitative estimate of drug-likeness (QED) is 0.927. The summed E-state index contributed by atoms with van der Waals surface area (Å²) in [6.45, 7) is 0. The lowest BCUT2D eigenvalue weighted by molar-refractivity contribution is 0.0692. The summed E-state index contributed by atoms with van der Waals surface area (Å²) < 4.78 is 18.5. The van der Waals surface area contributed by atoms with Gasteiger partial charge in [-0.3, -0.25) is 0 Å². The molecule has 0 bridgehead atoms. The molecule has 0 amide bonds. The number of carbonyl (C=O) groups is 1. The molecule has 7 heteroatoms. The molecule has 0 fully saturated rings. The Morgan fingerprint density at radius 1 is 1.28 bits per heavy atom. The molecule has 2 aromatic rings. The van der Waals surface area contributed by atoms with E-state index in [2.05, 4.69) is 10.2 Å². The number of halogens is 2. The predicted octanol–water partition coefficient (Wildman–Crippen LogP) is 2.76. The molecule has 0 saturated heterocycles. The molecule has 0 spiro atoms. The number of benzene rings is 1. The first-order valence-electron chi connectivity index (χ1n) is 4.76. The van der Waals surface area contributed by atoms with Gasteiger partial charge >= 0.3 is 5.97 Å². The summed E-state index contributed by atoms with van der Waals surface area (Å²) in [4.78, 5) is 10.6. The third kappa shape index (κ3) is 2.72. The van der Waals surface area contributed by atoms with Crippen molar-refractivity contribution in [2.75, 3.05) is 0 Å². The van der Waals surface area contributed by atoms with Crippen LogP contribution in [0.15, 0.2) is 30.3 Å².